The second-order valence-corrected chi connectivity index (χ2v) is 8.27. The molecule has 0 bridgehead atoms. The number of likely N-dealkylation sites (N-methyl/N-ethyl adjacent to an activating group) is 1. The maximum atomic E-state index is 12.1. The number of aryl methyl sites for hydroxylation is 1. The van der Waals surface area contributed by atoms with Gasteiger partial charge in [-0.25, -0.2) is 9.78 Å². The smallest absolute Gasteiger partial charge is 0.350 e. The summed E-state index contributed by atoms with van der Waals surface area (Å²) < 4.78 is 11.0. The van der Waals surface area contributed by atoms with E-state index in [0.29, 0.717) is 36.3 Å². The van der Waals surface area contributed by atoms with E-state index in [0.717, 1.165) is 22.9 Å². The van der Waals surface area contributed by atoms with Crippen molar-refractivity contribution in [1.29, 1.82) is 0 Å². The standard InChI is InChI=1S/C22H33N5O3S/c1-7-29-21(28)19-15(2)25-20(31-19)16(3)26-22(23-4)24-14-17-10-8-9-11-18(17)30-13-12-27(5)6/h8-11,16H,7,12-14H2,1-6H3,(H2,23,24,26). The molecule has 0 aliphatic heterocycles. The van der Waals surface area contributed by atoms with Crippen molar-refractivity contribution in [2.24, 2.45) is 4.99 Å². The van der Waals surface area contributed by atoms with Crippen LogP contribution in [-0.2, 0) is 11.3 Å². The van der Waals surface area contributed by atoms with E-state index in [1.807, 2.05) is 52.2 Å². The van der Waals surface area contributed by atoms with E-state index >= 15 is 0 Å². The Morgan fingerprint density at radius 2 is 2.06 bits per heavy atom. The van der Waals surface area contributed by atoms with Crippen LogP contribution in [0.3, 0.4) is 0 Å². The summed E-state index contributed by atoms with van der Waals surface area (Å²) in [6, 6.07) is 7.84. The third kappa shape index (κ3) is 7.52. The fourth-order valence-electron chi connectivity index (χ4n) is 2.76. The van der Waals surface area contributed by atoms with Crippen LogP contribution >= 0.6 is 11.3 Å². The summed E-state index contributed by atoms with van der Waals surface area (Å²) in [5.74, 6) is 1.17. The van der Waals surface area contributed by atoms with Gasteiger partial charge in [0.1, 0.15) is 22.2 Å². The topological polar surface area (TPSA) is 88.1 Å². The Morgan fingerprint density at radius 1 is 1.32 bits per heavy atom. The highest BCUT2D eigenvalue weighted by Gasteiger charge is 2.20. The molecule has 0 spiro atoms. The predicted octanol–water partition coefficient (Wildman–Crippen LogP) is 2.99. The zero-order valence-electron chi connectivity index (χ0n) is 19.2. The van der Waals surface area contributed by atoms with Gasteiger partial charge < -0.3 is 25.0 Å². The van der Waals surface area contributed by atoms with E-state index in [-0.39, 0.29) is 12.0 Å². The average molecular weight is 448 g/mol. The molecule has 0 saturated carbocycles. The number of rotatable bonds is 10. The lowest BCUT2D eigenvalue weighted by molar-refractivity contribution is 0.0531. The minimum absolute atomic E-state index is 0.121. The number of thiazole rings is 1. The van der Waals surface area contributed by atoms with Crippen molar-refractivity contribution in [3.8, 4) is 5.75 Å². The maximum absolute atomic E-state index is 12.1. The van der Waals surface area contributed by atoms with Gasteiger partial charge in [0.05, 0.1) is 18.3 Å². The number of carbonyl (C=O) groups is 1. The van der Waals surface area contributed by atoms with Gasteiger partial charge in [0.2, 0.25) is 0 Å². The van der Waals surface area contributed by atoms with E-state index in [1.54, 1.807) is 14.0 Å². The molecule has 0 amide bonds. The van der Waals surface area contributed by atoms with Crippen molar-refractivity contribution in [2.45, 2.75) is 33.4 Å². The first-order chi connectivity index (χ1) is 14.8. The molecule has 8 nitrogen and oxygen atoms in total. The van der Waals surface area contributed by atoms with Gasteiger partial charge in [0.15, 0.2) is 5.96 Å². The van der Waals surface area contributed by atoms with Crippen molar-refractivity contribution in [2.75, 3.05) is 40.9 Å². The quantitative estimate of drug-likeness (QED) is 0.329. The number of aliphatic imine (C=N–C) groups is 1. The van der Waals surface area contributed by atoms with Gasteiger partial charge in [-0.15, -0.1) is 11.3 Å². The van der Waals surface area contributed by atoms with Gasteiger partial charge in [-0.3, -0.25) is 4.99 Å². The number of carbonyl (C=O) groups excluding carboxylic acids is 1. The fraction of sp³-hybridized carbons (Fsp3) is 0.500. The molecule has 0 fully saturated rings. The van der Waals surface area contributed by atoms with Gasteiger partial charge in [-0.1, -0.05) is 18.2 Å². The Kier molecular flexibility index (Phi) is 9.74. The second kappa shape index (κ2) is 12.3. The normalized spacial score (nSPS) is 12.5. The molecule has 0 saturated heterocycles. The van der Waals surface area contributed by atoms with E-state index in [2.05, 4.69) is 25.5 Å². The Balaban J connectivity index is 1.98. The van der Waals surface area contributed by atoms with E-state index in [9.17, 15) is 4.79 Å². The Labute approximate surface area is 188 Å². The van der Waals surface area contributed by atoms with Crippen LogP contribution in [0.2, 0.25) is 0 Å². The number of esters is 1. The molecule has 0 radical (unpaired) electrons. The number of nitrogens with zero attached hydrogens (tertiary/aromatic N) is 3. The molecular formula is C22H33N5O3S. The third-order valence-corrected chi connectivity index (χ3v) is 5.76. The van der Waals surface area contributed by atoms with Crippen LogP contribution in [0.5, 0.6) is 5.75 Å². The molecular weight excluding hydrogens is 414 g/mol. The van der Waals surface area contributed by atoms with Crippen molar-refractivity contribution in [3.05, 3.63) is 45.4 Å². The Hall–Kier alpha value is -2.65. The Morgan fingerprint density at radius 3 is 2.74 bits per heavy atom. The van der Waals surface area contributed by atoms with Gasteiger partial charge >= 0.3 is 5.97 Å². The molecule has 1 unspecified atom stereocenters. The van der Waals surface area contributed by atoms with Gasteiger partial charge in [0, 0.05) is 25.7 Å². The molecule has 1 atom stereocenters. The van der Waals surface area contributed by atoms with Gasteiger partial charge in [-0.2, -0.15) is 0 Å². The first-order valence-electron chi connectivity index (χ1n) is 10.3. The highest BCUT2D eigenvalue weighted by Crippen LogP contribution is 2.24. The minimum Gasteiger partial charge on any atom is -0.492 e. The monoisotopic (exact) mass is 447 g/mol. The van der Waals surface area contributed by atoms with E-state index in [1.165, 1.54) is 11.3 Å². The molecule has 2 rings (SSSR count). The summed E-state index contributed by atoms with van der Waals surface area (Å²) in [7, 11) is 5.76. The molecule has 31 heavy (non-hydrogen) atoms. The number of hydrogen-bond donors (Lipinski definition) is 2. The number of hydrogen-bond acceptors (Lipinski definition) is 7. The van der Waals surface area contributed by atoms with Crippen LogP contribution in [0.25, 0.3) is 0 Å². The van der Waals surface area contributed by atoms with Crippen molar-refractivity contribution < 1.29 is 14.3 Å². The zero-order chi connectivity index (χ0) is 22.8. The van der Waals surface area contributed by atoms with Crippen LogP contribution in [0.15, 0.2) is 29.3 Å². The lowest BCUT2D eigenvalue weighted by Gasteiger charge is -2.18. The lowest BCUT2D eigenvalue weighted by Crippen LogP contribution is -2.38. The average Bonchev–Trinajstić information content (AvgIpc) is 3.13. The maximum Gasteiger partial charge on any atom is 0.350 e. The number of ether oxygens (including phenoxy) is 2. The summed E-state index contributed by atoms with van der Waals surface area (Å²) >= 11 is 1.34. The molecule has 0 aliphatic carbocycles. The number of aromatic nitrogens is 1. The lowest BCUT2D eigenvalue weighted by atomic mass is 10.2. The van der Waals surface area contributed by atoms with E-state index < -0.39 is 0 Å². The molecule has 2 aromatic rings. The highest BCUT2D eigenvalue weighted by atomic mass is 32.1. The van der Waals surface area contributed by atoms with Crippen LogP contribution < -0.4 is 15.4 Å². The molecule has 170 valence electrons. The van der Waals surface area contributed by atoms with Crippen molar-refractivity contribution in [1.82, 2.24) is 20.5 Å². The number of para-hydroxylation sites is 1. The number of nitrogens with one attached hydrogen (secondary N) is 2. The third-order valence-electron chi connectivity index (χ3n) is 4.44. The van der Waals surface area contributed by atoms with Crippen LogP contribution in [-0.4, -0.2) is 62.7 Å². The highest BCUT2D eigenvalue weighted by molar-refractivity contribution is 7.13. The molecule has 2 N–H and O–H groups in total. The number of guanidine groups is 1. The summed E-state index contributed by atoms with van der Waals surface area (Å²) in [5.41, 5.74) is 1.73. The largest absolute Gasteiger partial charge is 0.492 e. The van der Waals surface area contributed by atoms with Crippen molar-refractivity contribution in [3.63, 3.8) is 0 Å². The minimum atomic E-state index is -0.329. The van der Waals surface area contributed by atoms with Crippen LogP contribution in [0, 0.1) is 6.92 Å². The number of benzene rings is 1. The molecule has 1 heterocycles. The van der Waals surface area contributed by atoms with Crippen LogP contribution in [0.4, 0.5) is 0 Å². The zero-order valence-corrected chi connectivity index (χ0v) is 20.0. The molecule has 1 aromatic heterocycles. The van der Waals surface area contributed by atoms with Gasteiger partial charge in [0.25, 0.3) is 0 Å². The van der Waals surface area contributed by atoms with Crippen LogP contribution in [0.1, 0.15) is 45.8 Å². The first-order valence-corrected chi connectivity index (χ1v) is 11.1. The first kappa shape index (κ1) is 24.6. The molecule has 1 aromatic carbocycles. The summed E-state index contributed by atoms with van der Waals surface area (Å²) in [4.78, 5) is 23.5. The summed E-state index contributed by atoms with van der Waals surface area (Å²) in [6.45, 7) is 7.98. The summed E-state index contributed by atoms with van der Waals surface area (Å²) in [6.07, 6.45) is 0. The Bertz CT molecular complexity index is 882. The van der Waals surface area contributed by atoms with Gasteiger partial charge in [-0.05, 0) is 40.9 Å². The second-order valence-electron chi connectivity index (χ2n) is 7.24. The molecule has 9 heteroatoms. The fourth-order valence-corrected chi connectivity index (χ4v) is 3.72. The van der Waals surface area contributed by atoms with E-state index in [4.69, 9.17) is 9.47 Å². The van der Waals surface area contributed by atoms with Crippen molar-refractivity contribution >= 4 is 23.3 Å². The predicted molar refractivity (Wildman–Crippen MR) is 125 cm³/mol. The summed E-state index contributed by atoms with van der Waals surface area (Å²) in [5, 5.41) is 7.46. The SMILES string of the molecule is CCOC(=O)c1sc(C(C)NC(=NC)NCc2ccccc2OCCN(C)C)nc1C. The molecule has 0 aliphatic rings.